The minimum atomic E-state index is -3.66. The predicted molar refractivity (Wildman–Crippen MR) is 133 cm³/mol. The normalized spacial score (nSPS) is 20.3. The number of hydrogen-bond acceptors (Lipinski definition) is 5. The van der Waals surface area contributed by atoms with Gasteiger partial charge in [-0.15, -0.1) is 0 Å². The van der Waals surface area contributed by atoms with Gasteiger partial charge in [-0.1, -0.05) is 41.7 Å². The van der Waals surface area contributed by atoms with E-state index in [4.69, 9.17) is 4.74 Å². The van der Waals surface area contributed by atoms with E-state index in [1.165, 1.54) is 39.9 Å². The first kappa shape index (κ1) is 22.9. The zero-order chi connectivity index (χ0) is 24.0. The van der Waals surface area contributed by atoms with Crippen LogP contribution >= 0.6 is 11.3 Å². The molecule has 34 heavy (non-hydrogen) atoms. The minimum absolute atomic E-state index is 0.157. The Bertz CT molecular complexity index is 1560. The summed E-state index contributed by atoms with van der Waals surface area (Å²) < 4.78 is 36.2. The van der Waals surface area contributed by atoms with Crippen LogP contribution in [0.1, 0.15) is 24.2 Å². The molecule has 9 heteroatoms. The van der Waals surface area contributed by atoms with Gasteiger partial charge < -0.3 is 9.30 Å². The molecule has 0 unspecified atom stereocenters. The van der Waals surface area contributed by atoms with Gasteiger partial charge in [0.15, 0.2) is 4.80 Å². The molecule has 0 radical (unpaired) electrons. The molecule has 2 atom stereocenters. The monoisotopic (exact) mass is 495 g/mol. The van der Waals surface area contributed by atoms with E-state index in [0.717, 1.165) is 21.0 Å². The molecule has 3 aromatic carbocycles. The maximum Gasteiger partial charge on any atom is 0.279 e. The lowest BCUT2D eigenvalue weighted by molar-refractivity contribution is -0.0440. The molecule has 1 aromatic heterocycles. The Balaban J connectivity index is 1.45. The molecule has 0 aliphatic carbocycles. The lowest BCUT2D eigenvalue weighted by Gasteiger charge is -2.34. The van der Waals surface area contributed by atoms with Gasteiger partial charge in [0.05, 0.1) is 27.3 Å². The smallest absolute Gasteiger partial charge is 0.279 e. The van der Waals surface area contributed by atoms with Crippen molar-refractivity contribution in [2.75, 3.05) is 13.1 Å². The summed E-state index contributed by atoms with van der Waals surface area (Å²) in [5, 5.41) is 2.26. The maximum absolute atomic E-state index is 13.1. The van der Waals surface area contributed by atoms with Gasteiger partial charge in [0.2, 0.25) is 10.0 Å². The summed E-state index contributed by atoms with van der Waals surface area (Å²) >= 11 is 1.46. The molecule has 5 rings (SSSR count). The number of aryl methyl sites for hydroxylation is 1. The van der Waals surface area contributed by atoms with Crippen molar-refractivity contribution in [1.82, 2.24) is 8.87 Å². The van der Waals surface area contributed by atoms with Crippen LogP contribution in [0.25, 0.3) is 21.0 Å². The Hall–Kier alpha value is -2.85. The third-order valence-electron chi connectivity index (χ3n) is 6.02. The van der Waals surface area contributed by atoms with Gasteiger partial charge in [-0.3, -0.25) is 4.79 Å². The van der Waals surface area contributed by atoms with Crippen molar-refractivity contribution in [3.63, 3.8) is 0 Å². The summed E-state index contributed by atoms with van der Waals surface area (Å²) in [6.07, 6.45) is -0.338. The molecule has 4 aromatic rings. The molecule has 0 spiro atoms. The zero-order valence-corrected chi connectivity index (χ0v) is 20.8. The van der Waals surface area contributed by atoms with Gasteiger partial charge in [-0.25, -0.2) is 8.42 Å². The van der Waals surface area contributed by atoms with E-state index in [2.05, 4.69) is 23.2 Å². The van der Waals surface area contributed by atoms with E-state index in [0.29, 0.717) is 23.5 Å². The van der Waals surface area contributed by atoms with Crippen molar-refractivity contribution in [2.24, 2.45) is 12.0 Å². The number of ether oxygens (including phenoxy) is 1. The molecular weight excluding hydrogens is 470 g/mol. The van der Waals surface area contributed by atoms with Gasteiger partial charge >= 0.3 is 0 Å². The number of morpholine rings is 1. The summed E-state index contributed by atoms with van der Waals surface area (Å²) in [6.45, 7) is 4.33. The molecule has 2 heterocycles. The van der Waals surface area contributed by atoms with Crippen molar-refractivity contribution in [2.45, 2.75) is 31.0 Å². The second-order valence-corrected chi connectivity index (χ2v) is 11.5. The molecule has 1 fully saturated rings. The van der Waals surface area contributed by atoms with E-state index in [-0.39, 0.29) is 17.1 Å². The fourth-order valence-corrected chi connectivity index (χ4v) is 7.10. The summed E-state index contributed by atoms with van der Waals surface area (Å²) in [6, 6.07) is 18.2. The highest BCUT2D eigenvalue weighted by Gasteiger charge is 2.32. The van der Waals surface area contributed by atoms with Crippen molar-refractivity contribution in [3.8, 4) is 0 Å². The average Bonchev–Trinajstić information content (AvgIpc) is 3.14. The summed E-state index contributed by atoms with van der Waals surface area (Å²) in [5.74, 6) is -0.413. The molecule has 1 saturated heterocycles. The number of sulfonamides is 1. The third-order valence-corrected chi connectivity index (χ3v) is 9.05. The van der Waals surface area contributed by atoms with Crippen LogP contribution in [0.4, 0.5) is 0 Å². The van der Waals surface area contributed by atoms with Gasteiger partial charge in [-0.05, 0) is 49.6 Å². The molecule has 1 aliphatic rings. The molecule has 176 valence electrons. The standard InChI is InChI=1S/C25H25N3O4S2/c1-16-14-28(15-17(2)32-16)34(30,31)20-11-8-19(9-12-20)24(29)26-25-27(3)22-13-10-18-6-4-5-7-21(18)23(22)33-25/h4-13,16-17H,14-15H2,1-3H3/t16-,17+. The largest absolute Gasteiger partial charge is 0.373 e. The van der Waals surface area contributed by atoms with Crippen LogP contribution in [0.15, 0.2) is 70.6 Å². The number of benzene rings is 3. The first-order valence-corrected chi connectivity index (χ1v) is 13.3. The Labute approximate surface area is 202 Å². The van der Waals surface area contributed by atoms with Crippen LogP contribution < -0.4 is 4.80 Å². The average molecular weight is 496 g/mol. The molecular formula is C25H25N3O4S2. The number of rotatable bonds is 3. The van der Waals surface area contributed by atoms with Crippen LogP contribution in [0.5, 0.6) is 0 Å². The number of hydrogen-bond donors (Lipinski definition) is 0. The highest BCUT2D eigenvalue weighted by molar-refractivity contribution is 7.89. The molecule has 0 bridgehead atoms. The van der Waals surface area contributed by atoms with Crippen LogP contribution in [0.3, 0.4) is 0 Å². The third kappa shape index (κ3) is 4.09. The van der Waals surface area contributed by atoms with Gasteiger partial charge in [0.1, 0.15) is 0 Å². The fourth-order valence-electron chi connectivity index (χ4n) is 4.36. The Morgan fingerprint density at radius 1 is 1.00 bits per heavy atom. The molecule has 1 amide bonds. The van der Waals surface area contributed by atoms with Crippen molar-refractivity contribution in [3.05, 3.63) is 71.0 Å². The van der Waals surface area contributed by atoms with Gasteiger partial charge in [0.25, 0.3) is 5.91 Å². The summed E-state index contributed by atoms with van der Waals surface area (Å²) in [7, 11) is -1.78. The van der Waals surface area contributed by atoms with Crippen molar-refractivity contribution in [1.29, 1.82) is 0 Å². The minimum Gasteiger partial charge on any atom is -0.373 e. The molecule has 1 aliphatic heterocycles. The lowest BCUT2D eigenvalue weighted by atomic mass is 10.1. The molecule has 0 N–H and O–H groups in total. The number of thiazole rings is 1. The number of carbonyl (C=O) groups excluding carboxylic acids is 1. The number of nitrogens with zero attached hydrogens (tertiary/aromatic N) is 3. The highest BCUT2D eigenvalue weighted by Crippen LogP contribution is 2.27. The number of aromatic nitrogens is 1. The summed E-state index contributed by atoms with van der Waals surface area (Å²) in [5.41, 5.74) is 1.34. The van der Waals surface area contributed by atoms with Crippen LogP contribution in [-0.2, 0) is 21.8 Å². The van der Waals surface area contributed by atoms with E-state index in [9.17, 15) is 13.2 Å². The Kier molecular flexibility index (Phi) is 5.89. The Morgan fingerprint density at radius 3 is 2.38 bits per heavy atom. The van der Waals surface area contributed by atoms with Crippen LogP contribution in [-0.4, -0.2) is 48.5 Å². The topological polar surface area (TPSA) is 81.0 Å². The predicted octanol–water partition coefficient (Wildman–Crippen LogP) is 3.93. The zero-order valence-electron chi connectivity index (χ0n) is 19.1. The molecule has 7 nitrogen and oxygen atoms in total. The van der Waals surface area contributed by atoms with Crippen molar-refractivity contribution >= 4 is 48.3 Å². The second kappa shape index (κ2) is 8.74. The number of amides is 1. The van der Waals surface area contributed by atoms with Gasteiger partial charge in [-0.2, -0.15) is 9.30 Å². The summed E-state index contributed by atoms with van der Waals surface area (Å²) in [4.78, 5) is 18.0. The van der Waals surface area contributed by atoms with E-state index in [1.807, 2.05) is 43.7 Å². The van der Waals surface area contributed by atoms with E-state index in [1.54, 1.807) is 0 Å². The lowest BCUT2D eigenvalue weighted by Crippen LogP contribution is -2.48. The fraction of sp³-hybridized carbons (Fsp3) is 0.280. The maximum atomic E-state index is 13.1. The highest BCUT2D eigenvalue weighted by atomic mass is 32.2. The van der Waals surface area contributed by atoms with Crippen LogP contribution in [0, 0.1) is 0 Å². The quantitative estimate of drug-likeness (QED) is 0.431. The Morgan fingerprint density at radius 2 is 1.68 bits per heavy atom. The van der Waals surface area contributed by atoms with Crippen LogP contribution in [0.2, 0.25) is 0 Å². The second-order valence-electron chi connectivity index (χ2n) is 8.60. The number of carbonyl (C=O) groups is 1. The van der Waals surface area contributed by atoms with E-state index < -0.39 is 15.9 Å². The SMILES string of the molecule is C[C@@H]1CN(S(=O)(=O)c2ccc(C(=O)N=c3sc4c5ccccc5ccc4n3C)cc2)C[C@H](C)O1. The first-order valence-electron chi connectivity index (χ1n) is 11.1. The van der Waals surface area contributed by atoms with Crippen molar-refractivity contribution < 1.29 is 17.9 Å². The first-order chi connectivity index (χ1) is 16.2. The molecule has 0 saturated carbocycles. The van der Waals surface area contributed by atoms with E-state index >= 15 is 0 Å². The number of fused-ring (bicyclic) bond motifs is 3. The van der Waals surface area contributed by atoms with Gasteiger partial charge in [0, 0.05) is 31.1 Å².